The van der Waals surface area contributed by atoms with Gasteiger partial charge in [-0.1, -0.05) is 35.3 Å². The molecule has 0 saturated heterocycles. The van der Waals surface area contributed by atoms with Crippen LogP contribution >= 0.6 is 23.2 Å². The molecule has 0 fully saturated rings. The van der Waals surface area contributed by atoms with Gasteiger partial charge in [0.1, 0.15) is 22.2 Å². The number of amides is 3. The third kappa shape index (κ3) is 4.94. The molecule has 10 heteroatoms. The number of anilines is 3. The third-order valence-electron chi connectivity index (χ3n) is 5.13. The van der Waals surface area contributed by atoms with Gasteiger partial charge in [0.15, 0.2) is 0 Å². The number of hydrogen-bond donors (Lipinski definition) is 2. The molecule has 1 heterocycles. The van der Waals surface area contributed by atoms with Crippen molar-refractivity contribution in [1.82, 2.24) is 0 Å². The van der Waals surface area contributed by atoms with E-state index < -0.39 is 11.8 Å². The minimum Gasteiger partial charge on any atom is -0.497 e. The van der Waals surface area contributed by atoms with Crippen LogP contribution in [0.4, 0.5) is 17.1 Å². The van der Waals surface area contributed by atoms with Crippen molar-refractivity contribution in [3.8, 4) is 11.5 Å². The molecule has 0 spiro atoms. The lowest BCUT2D eigenvalue weighted by atomic mass is 10.1. The molecule has 0 bridgehead atoms. The monoisotopic (exact) mass is 511 g/mol. The Morgan fingerprint density at radius 3 is 2.31 bits per heavy atom. The first-order valence-electron chi connectivity index (χ1n) is 10.3. The number of nitrogens with one attached hydrogen (secondary N) is 2. The molecule has 8 nitrogen and oxygen atoms in total. The number of hydrogen-bond acceptors (Lipinski definition) is 6. The second kappa shape index (κ2) is 10.1. The number of imide groups is 1. The molecular weight excluding hydrogens is 493 g/mol. The maximum Gasteiger partial charge on any atom is 0.283 e. The normalized spacial score (nSPS) is 13.2. The van der Waals surface area contributed by atoms with Crippen LogP contribution in [0.5, 0.6) is 11.5 Å². The van der Waals surface area contributed by atoms with E-state index in [1.54, 1.807) is 54.6 Å². The highest BCUT2D eigenvalue weighted by Crippen LogP contribution is 2.38. The van der Waals surface area contributed by atoms with Gasteiger partial charge in [0.25, 0.3) is 17.7 Å². The van der Waals surface area contributed by atoms with Crippen molar-refractivity contribution >= 4 is 58.0 Å². The first-order valence-corrected chi connectivity index (χ1v) is 11.0. The topological polar surface area (TPSA) is 97.0 Å². The highest BCUT2D eigenvalue weighted by Gasteiger charge is 2.40. The SMILES string of the molecule is COc1ccc(OC)c(N2C(=O)C(Cl)=C(Nc3cccc(C(=O)Nc4cccc(Cl)c4)c3)C2=O)c1. The number of carbonyl (C=O) groups is 3. The smallest absolute Gasteiger partial charge is 0.283 e. The summed E-state index contributed by atoms with van der Waals surface area (Å²) in [7, 11) is 2.89. The van der Waals surface area contributed by atoms with E-state index in [1.165, 1.54) is 26.4 Å². The van der Waals surface area contributed by atoms with E-state index in [-0.39, 0.29) is 28.1 Å². The molecule has 1 aliphatic rings. The minimum absolute atomic E-state index is 0.131. The fraction of sp³-hybridized carbons (Fsp3) is 0.0800. The number of benzene rings is 3. The Labute approximate surface area is 211 Å². The van der Waals surface area contributed by atoms with Crippen molar-refractivity contribution in [2.75, 3.05) is 29.8 Å². The van der Waals surface area contributed by atoms with Gasteiger partial charge in [-0.3, -0.25) is 14.4 Å². The molecule has 3 amide bonds. The Balaban J connectivity index is 1.58. The molecule has 0 atom stereocenters. The van der Waals surface area contributed by atoms with Crippen LogP contribution in [0.1, 0.15) is 10.4 Å². The predicted octanol–water partition coefficient (Wildman–Crippen LogP) is 5.05. The molecule has 3 aromatic carbocycles. The highest BCUT2D eigenvalue weighted by atomic mass is 35.5. The molecule has 0 saturated carbocycles. The van der Waals surface area contributed by atoms with Gasteiger partial charge >= 0.3 is 0 Å². The molecule has 178 valence electrons. The minimum atomic E-state index is -0.722. The first kappa shape index (κ1) is 24.1. The summed E-state index contributed by atoms with van der Waals surface area (Å²) < 4.78 is 10.5. The van der Waals surface area contributed by atoms with E-state index in [2.05, 4.69) is 10.6 Å². The highest BCUT2D eigenvalue weighted by molar-refractivity contribution is 6.53. The van der Waals surface area contributed by atoms with Crippen LogP contribution < -0.4 is 25.0 Å². The Hall–Kier alpha value is -4.01. The van der Waals surface area contributed by atoms with Crippen LogP contribution in [0, 0.1) is 0 Å². The van der Waals surface area contributed by atoms with Crippen LogP contribution in [0.3, 0.4) is 0 Å². The van der Waals surface area contributed by atoms with E-state index in [0.29, 0.717) is 27.7 Å². The molecule has 0 aliphatic carbocycles. The summed E-state index contributed by atoms with van der Waals surface area (Å²) in [5.41, 5.74) is 1.29. The molecule has 0 aromatic heterocycles. The summed E-state index contributed by atoms with van der Waals surface area (Å²) >= 11 is 12.2. The third-order valence-corrected chi connectivity index (χ3v) is 5.72. The second-order valence-electron chi connectivity index (χ2n) is 7.34. The number of nitrogens with zero attached hydrogens (tertiary/aromatic N) is 1. The van der Waals surface area contributed by atoms with Gasteiger partial charge < -0.3 is 20.1 Å². The standard InChI is InChI=1S/C25H19Cl2N3O5/c1-34-18-9-10-20(35-2)19(13-18)30-24(32)21(27)22(25(30)33)28-16-7-3-5-14(11-16)23(31)29-17-8-4-6-15(26)12-17/h3-13,28H,1-2H3,(H,29,31). The predicted molar refractivity (Wildman–Crippen MR) is 134 cm³/mol. The van der Waals surface area contributed by atoms with E-state index in [0.717, 1.165) is 4.90 Å². The van der Waals surface area contributed by atoms with Gasteiger partial charge in [0.05, 0.1) is 19.9 Å². The number of ether oxygens (including phenoxy) is 2. The largest absolute Gasteiger partial charge is 0.497 e. The van der Waals surface area contributed by atoms with Crippen molar-refractivity contribution in [2.45, 2.75) is 0 Å². The number of methoxy groups -OCH3 is 2. The van der Waals surface area contributed by atoms with Gasteiger partial charge in [-0.15, -0.1) is 0 Å². The van der Waals surface area contributed by atoms with Crippen molar-refractivity contribution in [3.05, 3.63) is 88.0 Å². The van der Waals surface area contributed by atoms with Gasteiger partial charge in [-0.2, -0.15) is 0 Å². The maximum atomic E-state index is 13.2. The van der Waals surface area contributed by atoms with Gasteiger partial charge in [0, 0.05) is 28.0 Å². The fourth-order valence-electron chi connectivity index (χ4n) is 3.45. The summed E-state index contributed by atoms with van der Waals surface area (Å²) in [4.78, 5) is 39.7. The molecular formula is C25H19Cl2N3O5. The Morgan fingerprint density at radius 2 is 1.60 bits per heavy atom. The van der Waals surface area contributed by atoms with Gasteiger partial charge in [-0.05, 0) is 48.5 Å². The summed E-state index contributed by atoms with van der Waals surface area (Å²) in [5, 5.41) is 5.81. The molecule has 4 rings (SSSR count). The Morgan fingerprint density at radius 1 is 0.857 bits per heavy atom. The molecule has 35 heavy (non-hydrogen) atoms. The number of halogens is 2. The summed E-state index contributed by atoms with van der Waals surface area (Å²) in [6, 6.07) is 17.9. The molecule has 1 aliphatic heterocycles. The lowest BCUT2D eigenvalue weighted by Gasteiger charge is -2.19. The van der Waals surface area contributed by atoms with Crippen molar-refractivity contribution in [1.29, 1.82) is 0 Å². The number of rotatable bonds is 7. The second-order valence-corrected chi connectivity index (χ2v) is 8.16. The molecule has 3 aromatic rings. The lowest BCUT2D eigenvalue weighted by molar-refractivity contribution is -0.120. The van der Waals surface area contributed by atoms with Crippen LogP contribution in [0.15, 0.2) is 77.5 Å². The van der Waals surface area contributed by atoms with Crippen LogP contribution in [-0.4, -0.2) is 31.9 Å². The van der Waals surface area contributed by atoms with Crippen LogP contribution in [0.25, 0.3) is 0 Å². The fourth-order valence-corrected chi connectivity index (χ4v) is 3.86. The zero-order chi connectivity index (χ0) is 25.1. The van der Waals surface area contributed by atoms with Crippen LogP contribution in [-0.2, 0) is 9.59 Å². The molecule has 2 N–H and O–H groups in total. The van der Waals surface area contributed by atoms with E-state index in [9.17, 15) is 14.4 Å². The van der Waals surface area contributed by atoms with Crippen LogP contribution in [0.2, 0.25) is 5.02 Å². The average molecular weight is 512 g/mol. The average Bonchev–Trinajstić information content (AvgIpc) is 3.06. The Bertz CT molecular complexity index is 1370. The first-order chi connectivity index (χ1) is 16.8. The van der Waals surface area contributed by atoms with E-state index >= 15 is 0 Å². The van der Waals surface area contributed by atoms with Crippen molar-refractivity contribution < 1.29 is 23.9 Å². The van der Waals surface area contributed by atoms with Gasteiger partial charge in [-0.25, -0.2) is 4.90 Å². The zero-order valence-corrected chi connectivity index (χ0v) is 20.1. The quantitative estimate of drug-likeness (QED) is 0.431. The molecule has 0 unspecified atom stereocenters. The van der Waals surface area contributed by atoms with E-state index in [4.69, 9.17) is 32.7 Å². The van der Waals surface area contributed by atoms with Crippen molar-refractivity contribution in [3.63, 3.8) is 0 Å². The number of carbonyl (C=O) groups excluding carboxylic acids is 3. The van der Waals surface area contributed by atoms with Gasteiger partial charge in [0.2, 0.25) is 0 Å². The lowest BCUT2D eigenvalue weighted by Crippen LogP contribution is -2.32. The summed E-state index contributed by atoms with van der Waals surface area (Å²) in [6.07, 6.45) is 0. The Kier molecular flexibility index (Phi) is 6.95. The van der Waals surface area contributed by atoms with E-state index in [1.807, 2.05) is 0 Å². The molecule has 0 radical (unpaired) electrons. The van der Waals surface area contributed by atoms with Crippen molar-refractivity contribution in [2.24, 2.45) is 0 Å². The summed E-state index contributed by atoms with van der Waals surface area (Å²) in [5.74, 6) is -1.07. The summed E-state index contributed by atoms with van der Waals surface area (Å²) in [6.45, 7) is 0. The maximum absolute atomic E-state index is 13.2. The zero-order valence-electron chi connectivity index (χ0n) is 18.6.